The van der Waals surface area contributed by atoms with Crippen molar-refractivity contribution in [1.82, 2.24) is 14.7 Å². The van der Waals surface area contributed by atoms with Crippen LogP contribution in [0, 0.1) is 0 Å². The molecule has 3 aliphatic rings. The minimum Gasteiger partial charge on any atom is -0.374 e. The number of hydrogen-bond acceptors (Lipinski definition) is 3. The van der Waals surface area contributed by atoms with E-state index in [9.17, 15) is 4.79 Å². The third-order valence-corrected chi connectivity index (χ3v) is 5.55. The fraction of sp³-hybridized carbons (Fsp3) is 0.765. The van der Waals surface area contributed by atoms with E-state index in [-0.39, 0.29) is 18.1 Å². The molecular formula is C17H25N3O2. The number of rotatable bonds is 2. The maximum absolute atomic E-state index is 13.1. The van der Waals surface area contributed by atoms with Gasteiger partial charge in [0.1, 0.15) is 5.69 Å². The molecule has 0 spiro atoms. The SMILES string of the molecule is O=C(c1ccnn1C1CCCC1)N1CCO[C@@H]2CCCC[C@@H]21. The lowest BCUT2D eigenvalue weighted by Gasteiger charge is -2.43. The lowest BCUT2D eigenvalue weighted by atomic mass is 9.90. The molecule has 22 heavy (non-hydrogen) atoms. The average molecular weight is 303 g/mol. The van der Waals surface area contributed by atoms with Gasteiger partial charge < -0.3 is 9.64 Å². The molecule has 2 heterocycles. The van der Waals surface area contributed by atoms with Crippen molar-refractivity contribution in [3.63, 3.8) is 0 Å². The summed E-state index contributed by atoms with van der Waals surface area (Å²) in [4.78, 5) is 15.2. The second kappa shape index (κ2) is 6.03. The van der Waals surface area contributed by atoms with Gasteiger partial charge in [-0.15, -0.1) is 0 Å². The van der Waals surface area contributed by atoms with E-state index in [1.54, 1.807) is 6.20 Å². The zero-order valence-electron chi connectivity index (χ0n) is 13.1. The summed E-state index contributed by atoms with van der Waals surface area (Å²) in [5.74, 6) is 0.157. The van der Waals surface area contributed by atoms with Crippen molar-refractivity contribution in [2.45, 2.75) is 69.6 Å². The first-order valence-corrected chi connectivity index (χ1v) is 8.80. The number of amides is 1. The first kappa shape index (κ1) is 14.2. The van der Waals surface area contributed by atoms with E-state index >= 15 is 0 Å². The summed E-state index contributed by atoms with van der Waals surface area (Å²) in [5.41, 5.74) is 0.776. The molecule has 1 aliphatic heterocycles. The molecule has 2 aliphatic carbocycles. The zero-order valence-corrected chi connectivity index (χ0v) is 13.1. The van der Waals surface area contributed by atoms with Gasteiger partial charge in [-0.3, -0.25) is 9.48 Å². The van der Waals surface area contributed by atoms with E-state index in [2.05, 4.69) is 10.00 Å². The molecule has 2 atom stereocenters. The summed E-state index contributed by atoms with van der Waals surface area (Å²) in [7, 11) is 0. The van der Waals surface area contributed by atoms with Gasteiger partial charge in [-0.1, -0.05) is 25.7 Å². The summed E-state index contributed by atoms with van der Waals surface area (Å²) in [6.07, 6.45) is 11.4. The molecule has 0 radical (unpaired) electrons. The van der Waals surface area contributed by atoms with E-state index in [0.717, 1.165) is 37.9 Å². The van der Waals surface area contributed by atoms with Crippen LogP contribution in [0.2, 0.25) is 0 Å². The van der Waals surface area contributed by atoms with Gasteiger partial charge in [0.25, 0.3) is 5.91 Å². The lowest BCUT2D eigenvalue weighted by molar-refractivity contribution is -0.0756. The molecule has 2 saturated carbocycles. The van der Waals surface area contributed by atoms with Crippen molar-refractivity contribution >= 4 is 5.91 Å². The molecule has 120 valence electrons. The Morgan fingerprint density at radius 3 is 2.77 bits per heavy atom. The molecular weight excluding hydrogens is 278 g/mol. The largest absolute Gasteiger partial charge is 0.374 e. The van der Waals surface area contributed by atoms with Gasteiger partial charge in [-0.05, 0) is 31.7 Å². The van der Waals surface area contributed by atoms with Crippen molar-refractivity contribution in [2.24, 2.45) is 0 Å². The van der Waals surface area contributed by atoms with Crippen molar-refractivity contribution in [2.75, 3.05) is 13.2 Å². The molecule has 5 nitrogen and oxygen atoms in total. The second-order valence-electron chi connectivity index (χ2n) is 6.86. The van der Waals surface area contributed by atoms with Crippen LogP contribution in [0.5, 0.6) is 0 Å². The Hall–Kier alpha value is -1.36. The number of nitrogens with zero attached hydrogens (tertiary/aromatic N) is 3. The van der Waals surface area contributed by atoms with Crippen molar-refractivity contribution in [3.8, 4) is 0 Å². The maximum Gasteiger partial charge on any atom is 0.272 e. The molecule has 5 heteroatoms. The molecule has 0 N–H and O–H groups in total. The highest BCUT2D eigenvalue weighted by Crippen LogP contribution is 2.32. The van der Waals surface area contributed by atoms with Gasteiger partial charge in [0.2, 0.25) is 0 Å². The molecule has 0 unspecified atom stereocenters. The topological polar surface area (TPSA) is 47.4 Å². The summed E-state index contributed by atoms with van der Waals surface area (Å²) in [6.45, 7) is 1.39. The normalized spacial score (nSPS) is 29.5. The first-order valence-electron chi connectivity index (χ1n) is 8.80. The second-order valence-corrected chi connectivity index (χ2v) is 6.86. The van der Waals surface area contributed by atoms with E-state index < -0.39 is 0 Å². The third-order valence-electron chi connectivity index (χ3n) is 5.55. The molecule has 0 bridgehead atoms. The predicted molar refractivity (Wildman–Crippen MR) is 82.8 cm³/mol. The van der Waals surface area contributed by atoms with Gasteiger partial charge in [0.15, 0.2) is 0 Å². The number of carbonyl (C=O) groups excluding carboxylic acids is 1. The standard InChI is InChI=1S/C17H25N3O2/c21-17(15-9-10-18-20(15)13-5-1-2-6-13)19-11-12-22-16-8-4-3-7-14(16)19/h9-10,13-14,16H,1-8,11-12H2/t14-,16+/m0/s1. The smallest absolute Gasteiger partial charge is 0.272 e. The van der Waals surface area contributed by atoms with Gasteiger partial charge in [0.05, 0.1) is 24.8 Å². The van der Waals surface area contributed by atoms with Crippen LogP contribution in [0.25, 0.3) is 0 Å². The van der Waals surface area contributed by atoms with Crippen LogP contribution in [0.3, 0.4) is 0 Å². The Morgan fingerprint density at radius 2 is 1.91 bits per heavy atom. The summed E-state index contributed by atoms with van der Waals surface area (Å²) in [6, 6.07) is 2.58. The molecule has 1 amide bonds. The van der Waals surface area contributed by atoms with Gasteiger partial charge in [-0.25, -0.2) is 0 Å². The minimum absolute atomic E-state index is 0.157. The summed E-state index contributed by atoms with van der Waals surface area (Å²) < 4.78 is 7.88. The van der Waals surface area contributed by atoms with Crippen LogP contribution >= 0.6 is 0 Å². The highest BCUT2D eigenvalue weighted by atomic mass is 16.5. The van der Waals surface area contributed by atoms with Crippen molar-refractivity contribution < 1.29 is 9.53 Å². The Labute approximate surface area is 131 Å². The van der Waals surface area contributed by atoms with Crippen LogP contribution in [-0.4, -0.2) is 45.9 Å². The Morgan fingerprint density at radius 1 is 1.14 bits per heavy atom. The first-order chi connectivity index (χ1) is 10.8. The minimum atomic E-state index is 0.157. The fourth-order valence-corrected chi connectivity index (χ4v) is 4.42. The monoisotopic (exact) mass is 303 g/mol. The van der Waals surface area contributed by atoms with Crippen LogP contribution in [0.4, 0.5) is 0 Å². The number of ether oxygens (including phenoxy) is 1. The van der Waals surface area contributed by atoms with Crippen molar-refractivity contribution in [3.05, 3.63) is 18.0 Å². The van der Waals surface area contributed by atoms with Gasteiger partial charge in [0, 0.05) is 12.7 Å². The van der Waals surface area contributed by atoms with Crippen molar-refractivity contribution in [1.29, 1.82) is 0 Å². The molecule has 3 fully saturated rings. The fourth-order valence-electron chi connectivity index (χ4n) is 4.42. The number of aromatic nitrogens is 2. The Bertz CT molecular complexity index is 534. The zero-order chi connectivity index (χ0) is 14.9. The Kier molecular flexibility index (Phi) is 3.90. The lowest BCUT2D eigenvalue weighted by Crippen LogP contribution is -2.55. The van der Waals surface area contributed by atoms with Crippen LogP contribution in [-0.2, 0) is 4.74 Å². The van der Waals surface area contributed by atoms with Gasteiger partial charge >= 0.3 is 0 Å². The number of carbonyl (C=O) groups is 1. The van der Waals surface area contributed by atoms with Crippen LogP contribution < -0.4 is 0 Å². The van der Waals surface area contributed by atoms with E-state index in [4.69, 9.17) is 4.74 Å². The number of fused-ring (bicyclic) bond motifs is 1. The molecule has 1 aromatic heterocycles. The van der Waals surface area contributed by atoms with E-state index in [1.807, 2.05) is 10.7 Å². The summed E-state index contributed by atoms with van der Waals surface area (Å²) in [5, 5.41) is 4.46. The third kappa shape index (κ3) is 2.45. The number of morpholine rings is 1. The maximum atomic E-state index is 13.1. The molecule has 1 saturated heterocycles. The van der Waals surface area contributed by atoms with Gasteiger partial charge in [-0.2, -0.15) is 5.10 Å². The van der Waals surface area contributed by atoms with Crippen LogP contribution in [0.15, 0.2) is 12.3 Å². The Balaban J connectivity index is 1.57. The highest BCUT2D eigenvalue weighted by molar-refractivity contribution is 5.93. The predicted octanol–water partition coefficient (Wildman–Crippen LogP) is 2.78. The van der Waals surface area contributed by atoms with E-state index in [0.29, 0.717) is 12.6 Å². The van der Waals surface area contributed by atoms with E-state index in [1.165, 1.54) is 25.7 Å². The molecule has 0 aromatic carbocycles. The summed E-state index contributed by atoms with van der Waals surface area (Å²) >= 11 is 0. The van der Waals surface area contributed by atoms with Crippen LogP contribution in [0.1, 0.15) is 67.9 Å². The highest BCUT2D eigenvalue weighted by Gasteiger charge is 2.38. The molecule has 1 aromatic rings. The quantitative estimate of drug-likeness (QED) is 0.844. The number of hydrogen-bond donors (Lipinski definition) is 0. The average Bonchev–Trinajstić information content (AvgIpc) is 3.24. The molecule has 4 rings (SSSR count).